The number of rotatable bonds is 5. The van der Waals surface area contributed by atoms with E-state index in [-0.39, 0.29) is 10.6 Å². The molecule has 0 atom stereocenters. The summed E-state index contributed by atoms with van der Waals surface area (Å²) in [6.45, 7) is 3.32. The molecular weight excluding hydrogens is 347 g/mol. The first-order valence-electron chi connectivity index (χ1n) is 8.13. The van der Waals surface area contributed by atoms with Crippen molar-refractivity contribution in [2.75, 3.05) is 26.2 Å². The van der Waals surface area contributed by atoms with Crippen LogP contribution in [-0.4, -0.2) is 37.0 Å². The summed E-state index contributed by atoms with van der Waals surface area (Å²) in [5, 5.41) is 5.04. The molecule has 128 valence electrons. The molecule has 0 spiro atoms. The Morgan fingerprint density at radius 1 is 1.29 bits per heavy atom. The van der Waals surface area contributed by atoms with E-state index < -0.39 is 11.7 Å². The van der Waals surface area contributed by atoms with Gasteiger partial charge in [0.1, 0.15) is 5.82 Å². The molecule has 1 amide bonds. The van der Waals surface area contributed by atoms with E-state index >= 15 is 0 Å². The predicted octanol–water partition coefficient (Wildman–Crippen LogP) is 4.15. The van der Waals surface area contributed by atoms with E-state index in [1.54, 1.807) is 0 Å². The first-order valence-corrected chi connectivity index (χ1v) is 9.39. The number of benzene rings is 1. The lowest BCUT2D eigenvalue weighted by Crippen LogP contribution is -2.39. The summed E-state index contributed by atoms with van der Waals surface area (Å²) < 4.78 is 13.7. The maximum Gasteiger partial charge on any atom is 0.255 e. The normalized spacial score (nSPS) is 16.2. The molecule has 3 rings (SSSR count). The van der Waals surface area contributed by atoms with Crippen LogP contribution in [-0.2, 0) is 0 Å². The molecule has 0 saturated carbocycles. The monoisotopic (exact) mass is 366 g/mol. The Labute approximate surface area is 150 Å². The number of carbonyl (C=O) groups is 1. The van der Waals surface area contributed by atoms with Crippen molar-refractivity contribution in [3.8, 4) is 0 Å². The summed E-state index contributed by atoms with van der Waals surface area (Å²) in [6, 6.07) is 8.58. The first-order chi connectivity index (χ1) is 11.6. The molecule has 2 aromatic rings. The Hall–Kier alpha value is -1.43. The van der Waals surface area contributed by atoms with Crippen molar-refractivity contribution >= 4 is 28.8 Å². The molecule has 1 aromatic heterocycles. The van der Waals surface area contributed by atoms with Gasteiger partial charge >= 0.3 is 0 Å². The lowest BCUT2D eigenvalue weighted by molar-refractivity contribution is 0.0942. The van der Waals surface area contributed by atoms with Crippen LogP contribution in [0.2, 0.25) is 5.02 Å². The van der Waals surface area contributed by atoms with Crippen LogP contribution in [0.5, 0.6) is 0 Å². The van der Waals surface area contributed by atoms with Crippen LogP contribution >= 0.6 is 22.9 Å². The average molecular weight is 367 g/mol. The highest BCUT2D eigenvalue weighted by Gasteiger charge is 2.21. The Balaban J connectivity index is 1.43. The minimum Gasteiger partial charge on any atom is -0.351 e. The summed E-state index contributed by atoms with van der Waals surface area (Å²) in [4.78, 5) is 15.9. The Bertz CT molecular complexity index is 664. The number of likely N-dealkylation sites (tertiary alicyclic amines) is 1. The van der Waals surface area contributed by atoms with Gasteiger partial charge in [-0.2, -0.15) is 0 Å². The quantitative estimate of drug-likeness (QED) is 0.862. The summed E-state index contributed by atoms with van der Waals surface area (Å²) in [7, 11) is 0. The minimum atomic E-state index is -0.586. The fraction of sp³-hybridized carbons (Fsp3) is 0.389. The number of hydrogen-bond acceptors (Lipinski definition) is 3. The van der Waals surface area contributed by atoms with Crippen LogP contribution in [0.25, 0.3) is 0 Å². The molecule has 1 aliphatic heterocycles. The van der Waals surface area contributed by atoms with Crippen molar-refractivity contribution < 1.29 is 9.18 Å². The van der Waals surface area contributed by atoms with E-state index in [0.29, 0.717) is 12.5 Å². The maximum atomic E-state index is 13.7. The summed E-state index contributed by atoms with van der Waals surface area (Å²) in [5.74, 6) is -0.378. The highest BCUT2D eigenvalue weighted by Crippen LogP contribution is 2.30. The third-order valence-corrected chi connectivity index (χ3v) is 5.79. The fourth-order valence-corrected chi connectivity index (χ4v) is 4.24. The minimum absolute atomic E-state index is 0.0735. The maximum absolute atomic E-state index is 13.7. The zero-order valence-corrected chi connectivity index (χ0v) is 14.9. The number of carbonyl (C=O) groups excluding carboxylic acids is 1. The fourth-order valence-electron chi connectivity index (χ4n) is 3.10. The Kier molecular flexibility index (Phi) is 5.87. The number of nitrogens with one attached hydrogen (secondary N) is 1. The summed E-state index contributed by atoms with van der Waals surface area (Å²) >= 11 is 7.74. The van der Waals surface area contributed by atoms with E-state index in [0.717, 1.165) is 32.5 Å². The number of amides is 1. The second kappa shape index (κ2) is 8.10. The molecule has 24 heavy (non-hydrogen) atoms. The van der Waals surface area contributed by atoms with Crippen molar-refractivity contribution in [2.45, 2.75) is 18.8 Å². The molecule has 0 aliphatic carbocycles. The molecular formula is C18H20ClFN2OS. The lowest BCUT2D eigenvalue weighted by atomic mass is 9.95. The molecule has 1 aromatic carbocycles. The molecule has 6 heteroatoms. The van der Waals surface area contributed by atoms with Gasteiger partial charge in [-0.15, -0.1) is 11.3 Å². The van der Waals surface area contributed by atoms with Crippen molar-refractivity contribution in [1.29, 1.82) is 0 Å². The van der Waals surface area contributed by atoms with Crippen molar-refractivity contribution in [1.82, 2.24) is 10.2 Å². The zero-order chi connectivity index (χ0) is 16.9. The second-order valence-electron chi connectivity index (χ2n) is 5.98. The van der Waals surface area contributed by atoms with E-state index in [9.17, 15) is 9.18 Å². The topological polar surface area (TPSA) is 32.3 Å². The van der Waals surface area contributed by atoms with E-state index in [2.05, 4.69) is 27.7 Å². The zero-order valence-electron chi connectivity index (χ0n) is 13.3. The number of halogens is 2. The van der Waals surface area contributed by atoms with E-state index in [4.69, 9.17) is 11.6 Å². The van der Waals surface area contributed by atoms with Crippen LogP contribution < -0.4 is 5.32 Å². The van der Waals surface area contributed by atoms with Gasteiger partial charge in [-0.25, -0.2) is 4.39 Å². The van der Waals surface area contributed by atoms with E-state index in [1.807, 2.05) is 11.3 Å². The molecule has 0 bridgehead atoms. The third-order valence-electron chi connectivity index (χ3n) is 4.44. The summed E-state index contributed by atoms with van der Waals surface area (Å²) in [5.41, 5.74) is -0.0735. The molecule has 1 N–H and O–H groups in total. The number of hydrogen-bond donors (Lipinski definition) is 1. The molecule has 0 radical (unpaired) electrons. The summed E-state index contributed by atoms with van der Waals surface area (Å²) in [6.07, 6.45) is 2.29. The third kappa shape index (κ3) is 4.15. The number of thiophene rings is 1. The van der Waals surface area contributed by atoms with Gasteiger partial charge in [0, 0.05) is 18.0 Å². The molecule has 0 unspecified atom stereocenters. The van der Waals surface area contributed by atoms with Gasteiger partial charge in [0.15, 0.2) is 0 Å². The van der Waals surface area contributed by atoms with E-state index in [1.165, 1.54) is 23.1 Å². The van der Waals surface area contributed by atoms with Crippen LogP contribution in [0.15, 0.2) is 35.7 Å². The molecule has 1 fully saturated rings. The van der Waals surface area contributed by atoms with Crippen molar-refractivity contribution in [3.05, 3.63) is 57.0 Å². The first kappa shape index (κ1) is 17.4. The van der Waals surface area contributed by atoms with Crippen LogP contribution in [0.3, 0.4) is 0 Å². The van der Waals surface area contributed by atoms with Gasteiger partial charge in [0.25, 0.3) is 5.91 Å². The largest absolute Gasteiger partial charge is 0.351 e. The van der Waals surface area contributed by atoms with Crippen LogP contribution in [0.1, 0.15) is 34.0 Å². The highest BCUT2D eigenvalue weighted by atomic mass is 35.5. The Morgan fingerprint density at radius 2 is 2.08 bits per heavy atom. The van der Waals surface area contributed by atoms with Crippen molar-refractivity contribution in [2.24, 2.45) is 0 Å². The van der Waals surface area contributed by atoms with Gasteiger partial charge < -0.3 is 10.2 Å². The Morgan fingerprint density at radius 3 is 2.75 bits per heavy atom. The lowest BCUT2D eigenvalue weighted by Gasteiger charge is -2.31. The van der Waals surface area contributed by atoms with Crippen LogP contribution in [0, 0.1) is 5.82 Å². The van der Waals surface area contributed by atoms with Gasteiger partial charge in [-0.1, -0.05) is 23.7 Å². The van der Waals surface area contributed by atoms with Gasteiger partial charge in [-0.05, 0) is 55.4 Å². The van der Waals surface area contributed by atoms with Gasteiger partial charge in [0.05, 0.1) is 10.6 Å². The molecule has 2 heterocycles. The van der Waals surface area contributed by atoms with Crippen molar-refractivity contribution in [3.63, 3.8) is 0 Å². The predicted molar refractivity (Wildman–Crippen MR) is 96.5 cm³/mol. The second-order valence-corrected chi connectivity index (χ2v) is 7.37. The molecule has 3 nitrogen and oxygen atoms in total. The average Bonchev–Trinajstić information content (AvgIpc) is 3.10. The number of nitrogens with zero attached hydrogens (tertiary/aromatic N) is 1. The highest BCUT2D eigenvalue weighted by molar-refractivity contribution is 7.10. The van der Waals surface area contributed by atoms with Gasteiger partial charge in [-0.3, -0.25) is 4.79 Å². The van der Waals surface area contributed by atoms with Gasteiger partial charge in [0.2, 0.25) is 0 Å². The standard InChI is InChI=1S/C18H20ClFN2OS/c19-14-3-1-4-15(20)17(14)18(23)21-8-11-22-9-6-13(7-10-22)16-5-2-12-24-16/h1-5,12-13H,6-11H2,(H,21,23). The molecule has 1 saturated heterocycles. The smallest absolute Gasteiger partial charge is 0.255 e. The number of piperidine rings is 1. The molecule has 1 aliphatic rings. The SMILES string of the molecule is O=C(NCCN1CCC(c2cccs2)CC1)c1c(F)cccc1Cl. The van der Waals surface area contributed by atoms with Crippen LogP contribution in [0.4, 0.5) is 4.39 Å².